The summed E-state index contributed by atoms with van der Waals surface area (Å²) in [4.78, 5) is 38.0. The van der Waals surface area contributed by atoms with Crippen molar-refractivity contribution in [1.29, 1.82) is 0 Å². The molecule has 3 heterocycles. The number of hydrogen-bond acceptors (Lipinski definition) is 5. The summed E-state index contributed by atoms with van der Waals surface area (Å²) in [7, 11) is 1.56. The molecule has 1 amide bonds. The lowest BCUT2D eigenvalue weighted by atomic mass is 10.0. The Hall–Kier alpha value is -2.52. The molecule has 4 rings (SSSR count). The topological polar surface area (TPSA) is 92.8 Å². The minimum atomic E-state index is -1.24. The van der Waals surface area contributed by atoms with Crippen LogP contribution in [-0.2, 0) is 16.1 Å². The molecule has 2 aliphatic rings. The molecule has 2 unspecified atom stereocenters. The summed E-state index contributed by atoms with van der Waals surface area (Å²) in [6.45, 7) is 7.46. The molecular weight excluding hydrogens is 401 g/mol. The van der Waals surface area contributed by atoms with Gasteiger partial charge in [0.2, 0.25) is 5.91 Å². The maximum atomic E-state index is 13.7. The quantitative estimate of drug-likeness (QED) is 0.727. The molecule has 2 N–H and O–H groups in total. The number of aromatic nitrogens is 2. The number of amides is 1. The van der Waals surface area contributed by atoms with Gasteiger partial charge in [-0.25, -0.2) is 14.2 Å². The third kappa shape index (κ3) is 4.04. The number of imidazole rings is 1. The van der Waals surface area contributed by atoms with Gasteiger partial charge in [0.05, 0.1) is 24.1 Å². The van der Waals surface area contributed by atoms with Crippen LogP contribution in [-0.4, -0.2) is 86.0 Å². The number of nitrogens with one attached hydrogen (secondary N) is 1. The number of carboxylic acid groups (broad SMARTS) is 1. The summed E-state index contributed by atoms with van der Waals surface area (Å²) in [5.74, 6) is -0.646. The Labute approximate surface area is 181 Å². The molecule has 2 aliphatic heterocycles. The maximum absolute atomic E-state index is 13.7. The Morgan fingerprint density at radius 2 is 1.94 bits per heavy atom. The Bertz CT molecular complexity index is 1010. The SMILES string of the molecule is Cc1cc(F)cc2[nH]c(CN3CC4CCC(C3)N4CC(=O)N(C)C(C)(C)C(=O)O)nc12. The van der Waals surface area contributed by atoms with Gasteiger partial charge >= 0.3 is 5.97 Å². The summed E-state index contributed by atoms with van der Waals surface area (Å²) in [6, 6.07) is 3.48. The summed E-state index contributed by atoms with van der Waals surface area (Å²) in [5, 5.41) is 9.40. The van der Waals surface area contributed by atoms with Gasteiger partial charge in [0.15, 0.2) is 0 Å². The Morgan fingerprint density at radius 1 is 1.29 bits per heavy atom. The molecule has 1 aromatic heterocycles. The lowest BCUT2D eigenvalue weighted by Crippen LogP contribution is -2.58. The minimum absolute atomic E-state index is 0.174. The number of piperazine rings is 1. The number of halogens is 1. The Balaban J connectivity index is 1.41. The van der Waals surface area contributed by atoms with Crippen molar-refractivity contribution in [2.75, 3.05) is 26.7 Å². The molecule has 0 aliphatic carbocycles. The van der Waals surface area contributed by atoms with Crippen molar-refractivity contribution in [1.82, 2.24) is 24.7 Å². The van der Waals surface area contributed by atoms with E-state index in [0.29, 0.717) is 12.1 Å². The van der Waals surface area contributed by atoms with Gasteiger partial charge in [-0.3, -0.25) is 14.6 Å². The van der Waals surface area contributed by atoms with Crippen molar-refractivity contribution in [2.24, 2.45) is 0 Å². The van der Waals surface area contributed by atoms with Crippen LogP contribution in [0.1, 0.15) is 38.1 Å². The molecule has 8 nitrogen and oxygen atoms in total. The number of aromatic amines is 1. The van der Waals surface area contributed by atoms with Gasteiger partial charge < -0.3 is 15.0 Å². The largest absolute Gasteiger partial charge is 0.480 e. The second kappa shape index (κ2) is 7.87. The second-order valence-corrected chi connectivity index (χ2v) is 9.37. The number of likely N-dealkylation sites (N-methyl/N-ethyl adjacent to an activating group) is 1. The van der Waals surface area contributed by atoms with Crippen LogP contribution in [0.5, 0.6) is 0 Å². The highest BCUT2D eigenvalue weighted by Gasteiger charge is 2.43. The lowest BCUT2D eigenvalue weighted by molar-refractivity contribution is -0.156. The summed E-state index contributed by atoms with van der Waals surface area (Å²) in [6.07, 6.45) is 2.04. The highest BCUT2D eigenvalue weighted by molar-refractivity contribution is 5.87. The van der Waals surface area contributed by atoms with Crippen LogP contribution in [0.4, 0.5) is 4.39 Å². The molecule has 0 saturated carbocycles. The number of carbonyl (C=O) groups is 2. The summed E-state index contributed by atoms with van der Waals surface area (Å²) < 4.78 is 13.7. The van der Waals surface area contributed by atoms with Crippen molar-refractivity contribution in [3.63, 3.8) is 0 Å². The summed E-state index contributed by atoms with van der Waals surface area (Å²) in [5.41, 5.74) is 1.09. The van der Waals surface area contributed by atoms with Gasteiger partial charge in [-0.15, -0.1) is 0 Å². The average molecular weight is 432 g/mol. The van der Waals surface area contributed by atoms with Crippen molar-refractivity contribution >= 4 is 22.9 Å². The van der Waals surface area contributed by atoms with Crippen molar-refractivity contribution < 1.29 is 19.1 Å². The van der Waals surface area contributed by atoms with Crippen molar-refractivity contribution in [2.45, 2.75) is 57.8 Å². The fourth-order valence-electron chi connectivity index (χ4n) is 4.77. The summed E-state index contributed by atoms with van der Waals surface area (Å²) >= 11 is 0. The van der Waals surface area contributed by atoms with E-state index in [1.165, 1.54) is 17.0 Å². The van der Waals surface area contributed by atoms with Crippen LogP contribution in [0.2, 0.25) is 0 Å². The number of H-pyrrole nitrogens is 1. The Kier molecular flexibility index (Phi) is 5.51. The van der Waals surface area contributed by atoms with Gasteiger partial charge in [-0.1, -0.05) is 0 Å². The predicted octanol–water partition coefficient (Wildman–Crippen LogP) is 1.98. The number of aliphatic carboxylic acids is 1. The normalized spacial score (nSPS) is 22.2. The third-order valence-corrected chi connectivity index (χ3v) is 6.93. The molecular formula is C22H30FN5O3. The third-order valence-electron chi connectivity index (χ3n) is 6.93. The van der Waals surface area contributed by atoms with E-state index in [2.05, 4.69) is 19.8 Å². The molecule has 2 fully saturated rings. The molecule has 2 atom stereocenters. The number of nitrogens with zero attached hydrogens (tertiary/aromatic N) is 4. The fourth-order valence-corrected chi connectivity index (χ4v) is 4.77. The van der Waals surface area contributed by atoms with Crippen molar-refractivity contribution in [3.05, 3.63) is 29.3 Å². The first-order chi connectivity index (χ1) is 14.6. The van der Waals surface area contributed by atoms with E-state index >= 15 is 0 Å². The molecule has 2 saturated heterocycles. The van der Waals surface area contributed by atoms with Gasteiger partial charge in [0, 0.05) is 32.2 Å². The zero-order valence-electron chi connectivity index (χ0n) is 18.5. The maximum Gasteiger partial charge on any atom is 0.329 e. The molecule has 2 aromatic rings. The van der Waals surface area contributed by atoms with Crippen LogP contribution >= 0.6 is 0 Å². The minimum Gasteiger partial charge on any atom is -0.480 e. The predicted molar refractivity (Wildman–Crippen MR) is 114 cm³/mol. The van der Waals surface area contributed by atoms with E-state index < -0.39 is 11.5 Å². The molecule has 0 spiro atoms. The number of likely N-dealkylation sites (tertiary alicyclic amines) is 1. The van der Waals surface area contributed by atoms with Crippen LogP contribution in [0, 0.1) is 12.7 Å². The highest BCUT2D eigenvalue weighted by atomic mass is 19.1. The zero-order chi connectivity index (χ0) is 22.5. The van der Waals surface area contributed by atoms with Gasteiger partial charge in [0.25, 0.3) is 0 Å². The smallest absolute Gasteiger partial charge is 0.329 e. The highest BCUT2D eigenvalue weighted by Crippen LogP contribution is 2.31. The first-order valence-corrected chi connectivity index (χ1v) is 10.7. The molecule has 1 aromatic carbocycles. The van der Waals surface area contributed by atoms with Crippen LogP contribution < -0.4 is 0 Å². The molecule has 2 bridgehead atoms. The fraction of sp³-hybridized carbons (Fsp3) is 0.591. The number of aryl methyl sites for hydroxylation is 1. The standard InChI is InChI=1S/C22H30FN5O3/c1-13-7-14(23)8-17-20(13)25-18(24-17)11-27-9-15-5-6-16(10-27)28(15)12-19(29)26(4)22(2,3)21(30)31/h7-8,15-16H,5-6,9-12H2,1-4H3,(H,24,25)(H,30,31). The Morgan fingerprint density at radius 3 is 2.55 bits per heavy atom. The first kappa shape index (κ1) is 21.7. The van der Waals surface area contributed by atoms with Crippen LogP contribution in [0.25, 0.3) is 11.0 Å². The zero-order valence-corrected chi connectivity index (χ0v) is 18.5. The van der Waals surface area contributed by atoms with E-state index in [1.807, 2.05) is 6.92 Å². The molecule has 9 heteroatoms. The lowest BCUT2D eigenvalue weighted by Gasteiger charge is -2.41. The number of carboxylic acids is 1. The number of rotatable bonds is 6. The van der Waals surface area contributed by atoms with Gasteiger partial charge in [-0.2, -0.15) is 0 Å². The van der Waals surface area contributed by atoms with Crippen molar-refractivity contribution in [3.8, 4) is 0 Å². The first-order valence-electron chi connectivity index (χ1n) is 10.7. The van der Waals surface area contributed by atoms with Crippen LogP contribution in [0.15, 0.2) is 12.1 Å². The van der Waals surface area contributed by atoms with Crippen LogP contribution in [0.3, 0.4) is 0 Å². The second-order valence-electron chi connectivity index (χ2n) is 9.37. The number of hydrogen-bond donors (Lipinski definition) is 2. The monoisotopic (exact) mass is 431 g/mol. The van der Waals surface area contributed by atoms with Gasteiger partial charge in [0.1, 0.15) is 17.2 Å². The van der Waals surface area contributed by atoms with Gasteiger partial charge in [-0.05, 0) is 51.3 Å². The van der Waals surface area contributed by atoms with E-state index in [1.54, 1.807) is 20.9 Å². The number of fused-ring (bicyclic) bond motifs is 3. The van der Waals surface area contributed by atoms with E-state index in [-0.39, 0.29) is 30.4 Å². The van der Waals surface area contributed by atoms with E-state index in [4.69, 9.17) is 0 Å². The van der Waals surface area contributed by atoms with E-state index in [0.717, 1.165) is 42.8 Å². The van der Waals surface area contributed by atoms with E-state index in [9.17, 15) is 19.1 Å². The molecule has 31 heavy (non-hydrogen) atoms. The molecule has 0 radical (unpaired) electrons. The number of benzene rings is 1. The average Bonchev–Trinajstić information content (AvgIpc) is 3.18. The molecule has 168 valence electrons. The number of carbonyl (C=O) groups excluding carboxylic acids is 1.